The van der Waals surface area contributed by atoms with Crippen LogP contribution in [0.5, 0.6) is 5.88 Å². The van der Waals surface area contributed by atoms with Crippen LogP contribution in [-0.2, 0) is 28.7 Å². The summed E-state index contributed by atoms with van der Waals surface area (Å²) in [6, 6.07) is 2.34. The fourth-order valence-corrected chi connectivity index (χ4v) is 5.16. The number of aromatic nitrogens is 1. The van der Waals surface area contributed by atoms with Crippen molar-refractivity contribution in [2.75, 3.05) is 6.61 Å². The molecule has 1 fully saturated rings. The Hall–Kier alpha value is -3.80. The molecule has 0 aliphatic heterocycles. The number of benzene rings is 1. The van der Waals surface area contributed by atoms with Crippen LogP contribution >= 0.6 is 0 Å². The summed E-state index contributed by atoms with van der Waals surface area (Å²) in [6.07, 6.45) is -2.37. The first-order valence-electron chi connectivity index (χ1n) is 13.0. The van der Waals surface area contributed by atoms with E-state index in [1.807, 2.05) is 0 Å². The number of rotatable bonds is 11. The Labute approximate surface area is 238 Å². The lowest BCUT2D eigenvalue weighted by molar-refractivity contribution is -0.139. The highest BCUT2D eigenvalue weighted by atomic mass is 19.4. The molecule has 2 aromatic rings. The summed E-state index contributed by atoms with van der Waals surface area (Å²) in [5, 5.41) is 19.0. The molecule has 42 heavy (non-hydrogen) atoms. The number of halogens is 6. The molecule has 0 saturated heterocycles. The molecule has 1 saturated carbocycles. The second-order valence-electron chi connectivity index (χ2n) is 11.0. The summed E-state index contributed by atoms with van der Waals surface area (Å²) in [4.78, 5) is 15.4. The smallest absolute Gasteiger partial charge is 0.417 e. The first-order valence-corrected chi connectivity index (χ1v) is 13.0. The van der Waals surface area contributed by atoms with Crippen LogP contribution in [0.3, 0.4) is 0 Å². The van der Waals surface area contributed by atoms with Crippen molar-refractivity contribution in [1.82, 2.24) is 4.98 Å². The zero-order valence-corrected chi connectivity index (χ0v) is 23.0. The van der Waals surface area contributed by atoms with Crippen molar-refractivity contribution < 1.29 is 50.8 Å². The molecule has 2 aliphatic rings. The van der Waals surface area contributed by atoms with E-state index in [2.05, 4.69) is 11.6 Å². The van der Waals surface area contributed by atoms with Gasteiger partial charge in [0.2, 0.25) is 5.88 Å². The van der Waals surface area contributed by atoms with Crippen LogP contribution in [0.4, 0.5) is 26.3 Å². The van der Waals surface area contributed by atoms with Gasteiger partial charge in [0.25, 0.3) is 0 Å². The molecule has 0 unspecified atom stereocenters. The number of fused-ring (bicyclic) bond motifs is 3. The van der Waals surface area contributed by atoms with Crippen molar-refractivity contribution in [2.45, 2.75) is 57.9 Å². The molecule has 0 radical (unpaired) electrons. The molecule has 1 aromatic heterocycles. The van der Waals surface area contributed by atoms with Crippen molar-refractivity contribution in [1.29, 1.82) is 0 Å². The average Bonchev–Trinajstić information content (AvgIpc) is 3.44. The van der Waals surface area contributed by atoms with E-state index in [1.165, 1.54) is 27.0 Å². The fraction of sp³-hybridized carbons (Fsp3) is 0.400. The number of nitrogens with zero attached hydrogens (tertiary/aromatic N) is 1. The number of hydrogen-bond acceptors (Lipinski definition) is 5. The fourth-order valence-electron chi connectivity index (χ4n) is 5.16. The summed E-state index contributed by atoms with van der Waals surface area (Å²) in [6.45, 7) is 6.66. The van der Waals surface area contributed by atoms with Gasteiger partial charge in [-0.3, -0.25) is 4.79 Å². The van der Waals surface area contributed by atoms with Gasteiger partial charge in [-0.15, -0.1) is 0 Å². The van der Waals surface area contributed by atoms with Crippen LogP contribution in [0.15, 0.2) is 54.5 Å². The van der Waals surface area contributed by atoms with Crippen molar-refractivity contribution in [2.24, 2.45) is 11.8 Å². The molecule has 0 amide bonds. The van der Waals surface area contributed by atoms with Gasteiger partial charge < -0.3 is 19.7 Å². The van der Waals surface area contributed by atoms with E-state index in [1.54, 1.807) is 6.07 Å². The van der Waals surface area contributed by atoms with E-state index in [-0.39, 0.29) is 42.6 Å². The molecule has 1 aromatic carbocycles. The van der Waals surface area contributed by atoms with Crippen LogP contribution in [0.2, 0.25) is 0 Å². The zero-order chi connectivity index (χ0) is 31.1. The summed E-state index contributed by atoms with van der Waals surface area (Å²) >= 11 is 0. The van der Waals surface area contributed by atoms with Crippen LogP contribution in [0.1, 0.15) is 60.9 Å². The van der Waals surface area contributed by atoms with Crippen molar-refractivity contribution in [3.8, 4) is 5.88 Å². The van der Waals surface area contributed by atoms with Gasteiger partial charge >= 0.3 is 12.1 Å². The Morgan fingerprint density at radius 2 is 1.90 bits per heavy atom. The first kappa shape index (κ1) is 31.1. The minimum Gasteiger partial charge on any atom is -0.498 e. The number of alkyl halides is 3. The molecular formula is C30H29F6NO5. The van der Waals surface area contributed by atoms with Gasteiger partial charge in [0.1, 0.15) is 24.1 Å². The highest BCUT2D eigenvalue weighted by Gasteiger charge is 2.60. The van der Waals surface area contributed by atoms with Crippen molar-refractivity contribution in [3.63, 3.8) is 0 Å². The lowest BCUT2D eigenvalue weighted by atomic mass is 9.94. The molecule has 4 rings (SSSR count). The second kappa shape index (κ2) is 11.5. The molecule has 3 atom stereocenters. The average molecular weight is 598 g/mol. The highest BCUT2D eigenvalue weighted by Crippen LogP contribution is 2.61. The maximum absolute atomic E-state index is 15.2. The standard InChI is InChI=1S/C30H29F6NO5/c1-14(41-6-5-29(3,4)40)7-23(33)25(15(2)31)18-9-17(22(32)11-21(18)30(34,35)36)13-42-24-10-16-8-19-26(20(16)12-37-24)27(19)28(38)39/h7,9-12,19,26-27,40H,2,5-6,8,13H2,1,3-4H3,(H,38,39)/b14-7+,25-23-/t19-,26-,27+/m1/s1. The topological polar surface area (TPSA) is 88.9 Å². The van der Waals surface area contributed by atoms with Crippen molar-refractivity contribution in [3.05, 3.63) is 88.1 Å². The number of carboxylic acids is 1. The molecule has 0 spiro atoms. The summed E-state index contributed by atoms with van der Waals surface area (Å²) < 4.78 is 97.0. The monoisotopic (exact) mass is 597 g/mol. The largest absolute Gasteiger partial charge is 0.498 e. The number of aliphatic hydroxyl groups is 1. The van der Waals surface area contributed by atoms with Crippen molar-refractivity contribution >= 4 is 11.5 Å². The number of carbonyl (C=O) groups is 1. The van der Waals surface area contributed by atoms with Gasteiger partial charge in [-0.25, -0.2) is 18.2 Å². The Morgan fingerprint density at radius 3 is 2.50 bits per heavy atom. The lowest BCUT2D eigenvalue weighted by Crippen LogP contribution is -2.20. The minimum atomic E-state index is -5.17. The molecule has 2 N–H and O–H groups in total. The molecular weight excluding hydrogens is 568 g/mol. The molecule has 226 valence electrons. The normalized spacial score (nSPS) is 20.4. The Balaban J connectivity index is 1.62. The Kier molecular flexibility index (Phi) is 8.50. The highest BCUT2D eigenvalue weighted by molar-refractivity contribution is 5.82. The third kappa shape index (κ3) is 6.80. The molecule has 6 nitrogen and oxygen atoms in total. The van der Waals surface area contributed by atoms with E-state index < -0.39 is 70.0 Å². The van der Waals surface area contributed by atoms with Gasteiger partial charge in [0, 0.05) is 41.8 Å². The van der Waals surface area contributed by atoms with Crippen LogP contribution in [-0.4, -0.2) is 33.4 Å². The maximum atomic E-state index is 15.2. The Bertz CT molecular complexity index is 1470. The third-order valence-corrected chi connectivity index (χ3v) is 7.29. The molecule has 12 heteroatoms. The van der Waals surface area contributed by atoms with Gasteiger partial charge in [-0.2, -0.15) is 13.2 Å². The number of allylic oxidation sites excluding steroid dienone is 5. The predicted molar refractivity (Wildman–Crippen MR) is 140 cm³/mol. The third-order valence-electron chi connectivity index (χ3n) is 7.29. The number of ether oxygens (including phenoxy) is 2. The number of carboxylic acid groups (broad SMARTS) is 1. The molecule has 1 heterocycles. The van der Waals surface area contributed by atoms with E-state index in [0.717, 1.165) is 11.1 Å². The van der Waals surface area contributed by atoms with E-state index >= 15 is 4.39 Å². The van der Waals surface area contributed by atoms with Crippen LogP contribution in [0.25, 0.3) is 5.57 Å². The van der Waals surface area contributed by atoms with Crippen LogP contribution < -0.4 is 4.74 Å². The first-order chi connectivity index (χ1) is 19.5. The SMILES string of the molecule is C=C(F)/C(=C(F)\C=C(/C)OCCC(C)(C)O)c1cc(COc2cc3c(cn2)[C@H]2[C@@H](C3)[C@@H]2C(=O)O)c(F)cc1C(F)(F)F. The van der Waals surface area contributed by atoms with E-state index in [9.17, 15) is 37.0 Å². The van der Waals surface area contributed by atoms with E-state index in [0.29, 0.717) is 18.6 Å². The summed E-state index contributed by atoms with van der Waals surface area (Å²) in [5.41, 5.74) is -3.67. The Morgan fingerprint density at radius 1 is 1.21 bits per heavy atom. The van der Waals surface area contributed by atoms with Gasteiger partial charge in [0.05, 0.1) is 35.0 Å². The van der Waals surface area contributed by atoms with Gasteiger partial charge in [-0.1, -0.05) is 6.58 Å². The maximum Gasteiger partial charge on any atom is 0.417 e. The number of hydrogen-bond donors (Lipinski definition) is 2. The number of aliphatic carboxylic acids is 1. The minimum absolute atomic E-state index is 0.0291. The summed E-state index contributed by atoms with van der Waals surface area (Å²) in [7, 11) is 0. The molecule has 0 bridgehead atoms. The molecule has 2 aliphatic carbocycles. The van der Waals surface area contributed by atoms with Crippen LogP contribution in [0, 0.1) is 17.7 Å². The number of pyridine rings is 1. The second-order valence-corrected chi connectivity index (χ2v) is 11.0. The summed E-state index contributed by atoms with van der Waals surface area (Å²) in [5.74, 6) is -5.88. The van der Waals surface area contributed by atoms with Gasteiger partial charge in [-0.05, 0) is 56.4 Å². The zero-order valence-electron chi connectivity index (χ0n) is 23.0. The van der Waals surface area contributed by atoms with E-state index in [4.69, 9.17) is 9.47 Å². The predicted octanol–water partition coefficient (Wildman–Crippen LogP) is 7.03. The quantitative estimate of drug-likeness (QED) is 0.164. The lowest BCUT2D eigenvalue weighted by Gasteiger charge is -2.18. The van der Waals surface area contributed by atoms with Gasteiger partial charge in [0.15, 0.2) is 0 Å².